The van der Waals surface area contributed by atoms with Crippen molar-refractivity contribution in [3.63, 3.8) is 0 Å². The summed E-state index contributed by atoms with van der Waals surface area (Å²) >= 11 is 1.36. The number of hydrogen-bond acceptors (Lipinski definition) is 8. The Morgan fingerprint density at radius 3 is 2.61 bits per heavy atom. The number of amides is 2. The van der Waals surface area contributed by atoms with Crippen LogP contribution in [0.5, 0.6) is 0 Å². The molecule has 0 spiro atoms. The van der Waals surface area contributed by atoms with Crippen molar-refractivity contribution in [3.05, 3.63) is 52.5 Å². The number of hydrogen-bond donors (Lipinski definition) is 2. The van der Waals surface area contributed by atoms with Crippen LogP contribution in [0.15, 0.2) is 47.7 Å². The van der Waals surface area contributed by atoms with E-state index in [2.05, 4.69) is 15.5 Å². The van der Waals surface area contributed by atoms with E-state index in [-0.39, 0.29) is 31.0 Å². The molecule has 0 radical (unpaired) electrons. The molecule has 174 valence electrons. The van der Waals surface area contributed by atoms with E-state index in [9.17, 15) is 14.4 Å². The molecule has 9 nitrogen and oxygen atoms in total. The SMILES string of the molecule is CCOC(=O)C1=C(COC(=O)c2cc(-c3ccccc3)c(N3CCOCC3)s2)NC(=O)NC1. The van der Waals surface area contributed by atoms with Gasteiger partial charge in [-0.25, -0.2) is 14.4 Å². The van der Waals surface area contributed by atoms with Crippen molar-refractivity contribution >= 4 is 34.3 Å². The molecular weight excluding hydrogens is 446 g/mol. The first-order valence-electron chi connectivity index (χ1n) is 10.7. The first-order chi connectivity index (χ1) is 16.1. The van der Waals surface area contributed by atoms with Gasteiger partial charge in [0.15, 0.2) is 0 Å². The van der Waals surface area contributed by atoms with Crippen LogP contribution in [-0.4, -0.2) is 64.0 Å². The Hall–Kier alpha value is -3.37. The number of carbonyl (C=O) groups is 3. The quantitative estimate of drug-likeness (QED) is 0.598. The van der Waals surface area contributed by atoms with Gasteiger partial charge in [0.1, 0.15) is 11.5 Å². The van der Waals surface area contributed by atoms with Crippen molar-refractivity contribution in [1.29, 1.82) is 0 Å². The minimum Gasteiger partial charge on any atom is -0.463 e. The van der Waals surface area contributed by atoms with Gasteiger partial charge in [-0.15, -0.1) is 11.3 Å². The van der Waals surface area contributed by atoms with Crippen molar-refractivity contribution < 1.29 is 28.6 Å². The Morgan fingerprint density at radius 1 is 1.12 bits per heavy atom. The molecule has 4 rings (SSSR count). The van der Waals surface area contributed by atoms with Gasteiger partial charge >= 0.3 is 18.0 Å². The molecule has 33 heavy (non-hydrogen) atoms. The van der Waals surface area contributed by atoms with Gasteiger partial charge in [-0.2, -0.15) is 0 Å². The molecule has 2 aromatic rings. The van der Waals surface area contributed by atoms with E-state index in [4.69, 9.17) is 14.2 Å². The zero-order valence-corrected chi connectivity index (χ0v) is 19.0. The van der Waals surface area contributed by atoms with Gasteiger partial charge in [-0.3, -0.25) is 0 Å². The summed E-state index contributed by atoms with van der Waals surface area (Å²) in [5.41, 5.74) is 2.41. The summed E-state index contributed by atoms with van der Waals surface area (Å²) in [5.74, 6) is -1.09. The fourth-order valence-corrected chi connectivity index (χ4v) is 4.71. The zero-order chi connectivity index (χ0) is 23.2. The second-order valence-electron chi connectivity index (χ2n) is 7.36. The maximum Gasteiger partial charge on any atom is 0.348 e. The topological polar surface area (TPSA) is 106 Å². The number of nitrogens with one attached hydrogen (secondary N) is 2. The third kappa shape index (κ3) is 5.35. The molecular formula is C23H25N3O6S. The molecule has 0 bridgehead atoms. The largest absolute Gasteiger partial charge is 0.463 e. The maximum atomic E-state index is 12.9. The number of ether oxygens (including phenoxy) is 3. The average molecular weight is 472 g/mol. The minimum absolute atomic E-state index is 0.00981. The Labute approximate surface area is 195 Å². The zero-order valence-electron chi connectivity index (χ0n) is 18.2. The van der Waals surface area contributed by atoms with E-state index >= 15 is 0 Å². The van der Waals surface area contributed by atoms with E-state index in [1.165, 1.54) is 11.3 Å². The predicted octanol–water partition coefficient (Wildman–Crippen LogP) is 2.54. The lowest BCUT2D eigenvalue weighted by Gasteiger charge is -2.28. The number of thiophene rings is 1. The van der Waals surface area contributed by atoms with Crippen LogP contribution in [0.4, 0.5) is 9.80 Å². The molecule has 0 unspecified atom stereocenters. The van der Waals surface area contributed by atoms with Crippen LogP contribution in [0.3, 0.4) is 0 Å². The highest BCUT2D eigenvalue weighted by atomic mass is 32.1. The fourth-order valence-electron chi connectivity index (χ4n) is 3.59. The Bertz CT molecular complexity index is 1060. The number of esters is 2. The summed E-state index contributed by atoms with van der Waals surface area (Å²) in [6, 6.07) is 11.2. The maximum absolute atomic E-state index is 12.9. The van der Waals surface area contributed by atoms with Crippen molar-refractivity contribution in [1.82, 2.24) is 10.6 Å². The smallest absolute Gasteiger partial charge is 0.348 e. The molecule has 2 aliphatic rings. The molecule has 10 heteroatoms. The minimum atomic E-state index is -0.562. The van der Waals surface area contributed by atoms with Crippen LogP contribution in [0, 0.1) is 0 Å². The van der Waals surface area contributed by atoms with E-state index in [0.29, 0.717) is 18.1 Å². The number of benzene rings is 1. The summed E-state index contributed by atoms with van der Waals surface area (Å²) in [5, 5.41) is 6.05. The molecule has 3 heterocycles. The Kier molecular flexibility index (Phi) is 7.26. The van der Waals surface area contributed by atoms with Gasteiger partial charge in [0.05, 0.1) is 42.6 Å². The van der Waals surface area contributed by atoms with Crippen molar-refractivity contribution in [2.24, 2.45) is 0 Å². The van der Waals surface area contributed by atoms with Crippen LogP contribution in [0.25, 0.3) is 11.1 Å². The van der Waals surface area contributed by atoms with E-state index in [1.54, 1.807) is 6.92 Å². The van der Waals surface area contributed by atoms with Gasteiger partial charge in [0.25, 0.3) is 0 Å². The summed E-state index contributed by atoms with van der Waals surface area (Å²) in [7, 11) is 0. The number of morpholine rings is 1. The third-order valence-corrected chi connectivity index (χ3v) is 6.40. The van der Waals surface area contributed by atoms with E-state index < -0.39 is 18.0 Å². The molecule has 1 saturated heterocycles. The van der Waals surface area contributed by atoms with E-state index in [1.807, 2.05) is 36.4 Å². The number of nitrogens with zero attached hydrogens (tertiary/aromatic N) is 1. The lowest BCUT2D eigenvalue weighted by molar-refractivity contribution is -0.138. The van der Waals surface area contributed by atoms with Crippen LogP contribution < -0.4 is 15.5 Å². The molecule has 1 aromatic carbocycles. The lowest BCUT2D eigenvalue weighted by atomic mass is 10.1. The molecule has 2 amide bonds. The van der Waals surface area contributed by atoms with Gasteiger partial charge in [0, 0.05) is 18.7 Å². The number of anilines is 1. The molecule has 2 aliphatic heterocycles. The van der Waals surface area contributed by atoms with Gasteiger partial charge in [0.2, 0.25) is 0 Å². The average Bonchev–Trinajstić information content (AvgIpc) is 3.29. The van der Waals surface area contributed by atoms with Gasteiger partial charge in [-0.05, 0) is 18.6 Å². The van der Waals surface area contributed by atoms with E-state index in [0.717, 1.165) is 29.2 Å². The number of urea groups is 1. The molecule has 1 fully saturated rings. The van der Waals surface area contributed by atoms with Crippen LogP contribution in [-0.2, 0) is 19.0 Å². The highest BCUT2D eigenvalue weighted by Gasteiger charge is 2.26. The Balaban J connectivity index is 1.56. The monoisotopic (exact) mass is 471 g/mol. The van der Waals surface area contributed by atoms with Gasteiger partial charge in [-0.1, -0.05) is 30.3 Å². The molecule has 1 aromatic heterocycles. The summed E-state index contributed by atoms with van der Waals surface area (Å²) in [6.45, 7) is 4.40. The van der Waals surface area contributed by atoms with Gasteiger partial charge < -0.3 is 29.7 Å². The van der Waals surface area contributed by atoms with Crippen molar-refractivity contribution in [2.75, 3.05) is 51.0 Å². The molecule has 2 N–H and O–H groups in total. The van der Waals surface area contributed by atoms with Crippen molar-refractivity contribution in [2.45, 2.75) is 6.92 Å². The van der Waals surface area contributed by atoms with Crippen molar-refractivity contribution in [3.8, 4) is 11.1 Å². The highest BCUT2D eigenvalue weighted by Crippen LogP contribution is 2.39. The second kappa shape index (κ2) is 10.5. The first-order valence-corrected chi connectivity index (χ1v) is 11.5. The van der Waals surface area contributed by atoms with Crippen LogP contribution in [0.1, 0.15) is 16.6 Å². The van der Waals surface area contributed by atoms with Crippen LogP contribution in [0.2, 0.25) is 0 Å². The standard InChI is InChI=1S/C23H25N3O6S/c1-2-31-21(27)17-13-24-23(29)25-18(17)14-32-22(28)19-12-16(15-6-4-3-5-7-15)20(33-19)26-8-10-30-11-9-26/h3-7,12H,2,8-11,13-14H2,1H3,(H2,24,25,29). The second-order valence-corrected chi connectivity index (χ2v) is 8.39. The number of carbonyl (C=O) groups excluding carboxylic acids is 3. The Morgan fingerprint density at radius 2 is 1.88 bits per heavy atom. The molecule has 0 atom stereocenters. The molecule has 0 saturated carbocycles. The fraction of sp³-hybridized carbons (Fsp3) is 0.348. The summed E-state index contributed by atoms with van der Waals surface area (Å²) in [6.07, 6.45) is 0. The summed E-state index contributed by atoms with van der Waals surface area (Å²) in [4.78, 5) is 39.5. The lowest BCUT2D eigenvalue weighted by Crippen LogP contribution is -2.45. The molecule has 0 aliphatic carbocycles. The predicted molar refractivity (Wildman–Crippen MR) is 123 cm³/mol. The highest BCUT2D eigenvalue weighted by molar-refractivity contribution is 7.18. The van der Waals surface area contributed by atoms with Crippen LogP contribution >= 0.6 is 11.3 Å². The summed E-state index contributed by atoms with van der Waals surface area (Å²) < 4.78 is 16.0. The number of rotatable bonds is 7. The first kappa shape index (κ1) is 22.8. The third-order valence-electron chi connectivity index (χ3n) is 5.22. The normalized spacial score (nSPS) is 16.2.